The maximum atomic E-state index is 12.6. The molecule has 4 rings (SSSR count). The summed E-state index contributed by atoms with van der Waals surface area (Å²) in [5.74, 6) is -2.33. The number of rotatable bonds is 9. The summed E-state index contributed by atoms with van der Waals surface area (Å²) in [6.07, 6.45) is 0.000306. The van der Waals surface area contributed by atoms with Crippen LogP contribution < -0.4 is 10.8 Å². The number of alkyl carbamates (subject to hydrolysis) is 1. The summed E-state index contributed by atoms with van der Waals surface area (Å²) in [6.45, 7) is -0.0223. The zero-order valence-corrected chi connectivity index (χ0v) is 18.9. The number of carboxylic acids is 1. The van der Waals surface area contributed by atoms with E-state index >= 15 is 0 Å². The highest BCUT2D eigenvalue weighted by Gasteiger charge is 2.36. The average Bonchev–Trinajstić information content (AvgIpc) is 3.42. The number of carboxylic acid groups (broad SMARTS) is 1. The summed E-state index contributed by atoms with van der Waals surface area (Å²) >= 11 is 0. The fourth-order valence-corrected chi connectivity index (χ4v) is 4.75. The maximum Gasteiger partial charge on any atom is 0.407 e. The van der Waals surface area contributed by atoms with Gasteiger partial charge in [0.1, 0.15) is 6.61 Å². The van der Waals surface area contributed by atoms with E-state index in [1.54, 1.807) is 0 Å². The molecule has 9 heteroatoms. The third-order valence-electron chi connectivity index (χ3n) is 6.39. The Bertz CT molecular complexity index is 1010. The molecule has 0 aliphatic heterocycles. The number of hydrogen-bond acceptors (Lipinski definition) is 6. The molecule has 3 N–H and O–H groups in total. The first-order valence-corrected chi connectivity index (χ1v) is 11.3. The minimum absolute atomic E-state index is 0.0528. The molecule has 1 unspecified atom stereocenters. The van der Waals surface area contributed by atoms with Gasteiger partial charge in [-0.15, -0.1) is 0 Å². The molecule has 9 nitrogen and oxygen atoms in total. The summed E-state index contributed by atoms with van der Waals surface area (Å²) in [7, 11) is 1.34. The Kier molecular flexibility index (Phi) is 7.44. The van der Waals surface area contributed by atoms with Gasteiger partial charge in [-0.3, -0.25) is 9.63 Å². The molecule has 0 aromatic heterocycles. The second-order valence-corrected chi connectivity index (χ2v) is 8.48. The van der Waals surface area contributed by atoms with Gasteiger partial charge in [0.05, 0.1) is 12.5 Å². The first-order valence-electron chi connectivity index (χ1n) is 11.3. The first kappa shape index (κ1) is 23.7. The Labute approximate surface area is 197 Å². The number of amides is 2. The molecule has 1 saturated carbocycles. The van der Waals surface area contributed by atoms with Crippen LogP contribution in [-0.4, -0.2) is 55.5 Å². The molecule has 2 aliphatic carbocycles. The second-order valence-electron chi connectivity index (χ2n) is 8.48. The van der Waals surface area contributed by atoms with E-state index in [1.807, 2.05) is 36.4 Å². The molecule has 0 saturated heterocycles. The van der Waals surface area contributed by atoms with E-state index in [1.165, 1.54) is 7.11 Å². The number of aliphatic carboxylic acids is 1. The van der Waals surface area contributed by atoms with Gasteiger partial charge in [0.2, 0.25) is 12.0 Å². The monoisotopic (exact) mass is 468 g/mol. The van der Waals surface area contributed by atoms with Crippen molar-refractivity contribution in [2.75, 3.05) is 20.3 Å². The van der Waals surface area contributed by atoms with Crippen LogP contribution in [0.5, 0.6) is 0 Å². The van der Waals surface area contributed by atoms with Gasteiger partial charge in [-0.1, -0.05) is 55.0 Å². The van der Waals surface area contributed by atoms with Gasteiger partial charge in [0.15, 0.2) is 0 Å². The summed E-state index contributed by atoms with van der Waals surface area (Å²) in [5.41, 5.74) is 6.74. The van der Waals surface area contributed by atoms with E-state index in [4.69, 9.17) is 19.4 Å². The van der Waals surface area contributed by atoms with Crippen molar-refractivity contribution in [3.8, 4) is 11.1 Å². The number of hydrogen-bond donors (Lipinski definition) is 3. The van der Waals surface area contributed by atoms with Crippen LogP contribution in [-0.2, 0) is 23.9 Å². The van der Waals surface area contributed by atoms with E-state index in [9.17, 15) is 14.4 Å². The molecule has 2 aromatic rings. The minimum Gasteiger partial charge on any atom is -0.479 e. The number of methoxy groups -OCH3 is 1. The maximum absolute atomic E-state index is 12.6. The van der Waals surface area contributed by atoms with Crippen molar-refractivity contribution in [2.24, 2.45) is 5.92 Å². The van der Waals surface area contributed by atoms with Crippen molar-refractivity contribution in [1.29, 1.82) is 0 Å². The molecule has 0 spiro atoms. The van der Waals surface area contributed by atoms with Crippen LogP contribution in [0.25, 0.3) is 11.1 Å². The number of nitrogens with one attached hydrogen (secondary N) is 2. The number of carbonyl (C=O) groups excluding carboxylic acids is 2. The van der Waals surface area contributed by atoms with Gasteiger partial charge in [0, 0.05) is 19.1 Å². The molecular formula is C25H28N2O7. The Hall–Kier alpha value is -3.43. The SMILES string of the molecule is COCC(ONC(=O)[C@@H]1CCC[C@@H]1NC(=O)OCC1c2ccccc2-c2ccccc21)C(=O)O. The van der Waals surface area contributed by atoms with E-state index in [2.05, 4.69) is 22.9 Å². The molecule has 0 radical (unpaired) electrons. The lowest BCUT2D eigenvalue weighted by molar-refractivity contribution is -0.166. The van der Waals surface area contributed by atoms with E-state index < -0.39 is 36.0 Å². The minimum atomic E-state index is -1.32. The second kappa shape index (κ2) is 10.7. The molecule has 2 aromatic carbocycles. The topological polar surface area (TPSA) is 123 Å². The van der Waals surface area contributed by atoms with Crippen LogP contribution in [0.1, 0.15) is 36.3 Å². The standard InChI is InChI=1S/C25H28N2O7/c1-32-14-22(24(29)30)34-27-23(28)19-11-6-12-21(19)26-25(31)33-13-20-17-9-4-2-7-15(17)16-8-3-5-10-18(16)20/h2-5,7-10,19-22H,6,11-14H2,1H3,(H,26,31)(H,27,28)(H,29,30)/t19-,21+,22?/m1/s1. The number of benzene rings is 2. The van der Waals surface area contributed by atoms with Crippen molar-refractivity contribution in [1.82, 2.24) is 10.8 Å². The Balaban J connectivity index is 1.32. The number of ether oxygens (including phenoxy) is 2. The quantitative estimate of drug-likeness (QED) is 0.484. The summed E-state index contributed by atoms with van der Waals surface area (Å²) in [4.78, 5) is 41.3. The van der Waals surface area contributed by atoms with E-state index in [-0.39, 0.29) is 19.1 Å². The van der Waals surface area contributed by atoms with E-state index in [0.717, 1.165) is 28.7 Å². The van der Waals surface area contributed by atoms with Crippen LogP contribution in [0.3, 0.4) is 0 Å². The van der Waals surface area contributed by atoms with Crippen molar-refractivity contribution in [3.63, 3.8) is 0 Å². The molecule has 0 heterocycles. The number of carbonyl (C=O) groups is 3. The summed E-state index contributed by atoms with van der Waals surface area (Å²) in [5, 5.41) is 11.9. The first-order chi connectivity index (χ1) is 16.5. The molecule has 34 heavy (non-hydrogen) atoms. The largest absolute Gasteiger partial charge is 0.479 e. The van der Waals surface area contributed by atoms with Gasteiger partial charge in [-0.05, 0) is 35.1 Å². The molecule has 3 atom stereocenters. The zero-order chi connectivity index (χ0) is 24.1. The lowest BCUT2D eigenvalue weighted by atomic mass is 9.98. The Morgan fingerprint density at radius 2 is 1.68 bits per heavy atom. The van der Waals surface area contributed by atoms with Crippen LogP contribution in [0, 0.1) is 5.92 Å². The van der Waals surface area contributed by atoms with Crippen molar-refractivity contribution < 1.29 is 33.8 Å². The van der Waals surface area contributed by atoms with Crippen LogP contribution in [0.15, 0.2) is 48.5 Å². The third kappa shape index (κ3) is 5.05. The van der Waals surface area contributed by atoms with Crippen LogP contribution >= 0.6 is 0 Å². The highest BCUT2D eigenvalue weighted by Crippen LogP contribution is 2.44. The molecule has 2 amide bonds. The Morgan fingerprint density at radius 1 is 1.03 bits per heavy atom. The highest BCUT2D eigenvalue weighted by molar-refractivity contribution is 5.81. The third-order valence-corrected chi connectivity index (χ3v) is 6.39. The fourth-order valence-electron chi connectivity index (χ4n) is 4.75. The predicted molar refractivity (Wildman–Crippen MR) is 122 cm³/mol. The van der Waals surface area contributed by atoms with Gasteiger partial charge in [0.25, 0.3) is 0 Å². The van der Waals surface area contributed by atoms with E-state index in [0.29, 0.717) is 12.8 Å². The Morgan fingerprint density at radius 3 is 2.29 bits per heavy atom. The van der Waals surface area contributed by atoms with Crippen LogP contribution in [0.4, 0.5) is 4.79 Å². The molecule has 1 fully saturated rings. The van der Waals surface area contributed by atoms with Crippen molar-refractivity contribution in [3.05, 3.63) is 59.7 Å². The lowest BCUT2D eigenvalue weighted by Crippen LogP contribution is -2.46. The normalized spacial score (nSPS) is 19.7. The lowest BCUT2D eigenvalue weighted by Gasteiger charge is -2.22. The van der Waals surface area contributed by atoms with Gasteiger partial charge >= 0.3 is 12.1 Å². The average molecular weight is 469 g/mol. The zero-order valence-electron chi connectivity index (χ0n) is 18.9. The van der Waals surface area contributed by atoms with Crippen molar-refractivity contribution >= 4 is 18.0 Å². The van der Waals surface area contributed by atoms with Crippen molar-refractivity contribution in [2.45, 2.75) is 37.3 Å². The van der Waals surface area contributed by atoms with Gasteiger partial charge < -0.3 is 19.9 Å². The molecule has 0 bridgehead atoms. The number of hydroxylamine groups is 1. The molecular weight excluding hydrogens is 440 g/mol. The number of fused-ring (bicyclic) bond motifs is 3. The summed E-state index contributed by atoms with van der Waals surface area (Å²) in [6, 6.07) is 15.7. The fraction of sp³-hybridized carbons (Fsp3) is 0.400. The molecule has 2 aliphatic rings. The summed E-state index contributed by atoms with van der Waals surface area (Å²) < 4.78 is 10.4. The molecule has 180 valence electrons. The smallest absolute Gasteiger partial charge is 0.407 e. The van der Waals surface area contributed by atoms with Crippen LogP contribution in [0.2, 0.25) is 0 Å². The predicted octanol–water partition coefficient (Wildman–Crippen LogP) is 2.84. The van der Waals surface area contributed by atoms with Gasteiger partial charge in [-0.2, -0.15) is 0 Å². The van der Waals surface area contributed by atoms with Gasteiger partial charge in [-0.25, -0.2) is 15.1 Å². The highest BCUT2D eigenvalue weighted by atomic mass is 16.7.